The van der Waals surface area contributed by atoms with Crippen LogP contribution in [0.4, 0.5) is 0 Å². The Kier molecular flexibility index (Phi) is 5.61. The van der Waals surface area contributed by atoms with Crippen molar-refractivity contribution >= 4 is 33.8 Å². The molecule has 1 saturated carbocycles. The molecule has 2 N–H and O–H groups in total. The van der Waals surface area contributed by atoms with Gasteiger partial charge in [0, 0.05) is 24.0 Å². The molecule has 0 amide bonds. The molecule has 1 fully saturated rings. The average molecular weight is 311 g/mol. The molecular weight excluding hydrogens is 292 g/mol. The third kappa shape index (κ3) is 4.20. The van der Waals surface area contributed by atoms with Crippen LogP contribution in [0, 0.1) is 13.8 Å². The molecule has 1 aromatic heterocycles. The van der Waals surface area contributed by atoms with E-state index in [-0.39, 0.29) is 12.4 Å². The summed E-state index contributed by atoms with van der Waals surface area (Å²) < 4.78 is 26.9. The molecule has 1 aliphatic rings. The minimum atomic E-state index is -3.31. The summed E-state index contributed by atoms with van der Waals surface area (Å²) in [6.07, 6.45) is 2.44. The van der Waals surface area contributed by atoms with Gasteiger partial charge in [-0.1, -0.05) is 0 Å². The molecule has 0 aliphatic heterocycles. The highest BCUT2D eigenvalue weighted by Gasteiger charge is 2.21. The summed E-state index contributed by atoms with van der Waals surface area (Å²) in [5, 5.41) is 3.27. The van der Waals surface area contributed by atoms with Gasteiger partial charge in [-0.05, 0) is 38.3 Å². The Morgan fingerprint density at radius 3 is 2.50 bits per heavy atom. The molecule has 0 aromatic carbocycles. The van der Waals surface area contributed by atoms with Crippen molar-refractivity contribution < 1.29 is 8.42 Å². The average Bonchev–Trinajstić information content (AvgIpc) is 3.01. The summed E-state index contributed by atoms with van der Waals surface area (Å²) in [4.78, 5) is 1.06. The van der Waals surface area contributed by atoms with Crippen LogP contribution in [0.5, 0.6) is 0 Å². The zero-order valence-corrected chi connectivity index (χ0v) is 13.0. The molecule has 4 nitrogen and oxygen atoms in total. The molecule has 2 rings (SSSR count). The Labute approximate surface area is 119 Å². The Balaban J connectivity index is 0.00000162. The molecule has 1 heterocycles. The number of hydrogen-bond donors (Lipinski definition) is 2. The third-order valence-electron chi connectivity index (χ3n) is 2.84. The van der Waals surface area contributed by atoms with Gasteiger partial charge in [-0.15, -0.1) is 23.7 Å². The first-order valence-corrected chi connectivity index (χ1v) is 8.09. The Bertz CT molecular complexity index is 476. The predicted octanol–water partition coefficient (Wildman–Crippen LogP) is 1.82. The number of aryl methyl sites for hydroxylation is 2. The first kappa shape index (κ1) is 15.9. The second kappa shape index (κ2) is 6.34. The van der Waals surface area contributed by atoms with Crippen molar-refractivity contribution in [1.29, 1.82) is 0 Å². The summed E-state index contributed by atoms with van der Waals surface area (Å²) >= 11 is 1.33. The van der Waals surface area contributed by atoms with Gasteiger partial charge >= 0.3 is 0 Å². The van der Waals surface area contributed by atoms with Gasteiger partial charge in [0.2, 0.25) is 10.0 Å². The number of hydrogen-bond acceptors (Lipinski definition) is 4. The fraction of sp³-hybridized carbons (Fsp3) is 0.636. The Hall–Kier alpha value is -0.140. The van der Waals surface area contributed by atoms with E-state index >= 15 is 0 Å². The van der Waals surface area contributed by atoms with Gasteiger partial charge < -0.3 is 5.32 Å². The van der Waals surface area contributed by atoms with Crippen molar-refractivity contribution in [3.63, 3.8) is 0 Å². The predicted molar refractivity (Wildman–Crippen MR) is 77.3 cm³/mol. The number of thiophene rings is 1. The first-order valence-electron chi connectivity index (χ1n) is 5.79. The number of nitrogens with one attached hydrogen (secondary N) is 2. The smallest absolute Gasteiger partial charge is 0.250 e. The second-order valence-electron chi connectivity index (χ2n) is 4.43. The van der Waals surface area contributed by atoms with E-state index in [1.54, 1.807) is 6.07 Å². The number of sulfonamides is 1. The van der Waals surface area contributed by atoms with E-state index in [9.17, 15) is 8.42 Å². The summed E-state index contributed by atoms with van der Waals surface area (Å²) in [7, 11) is -3.31. The second-order valence-corrected chi connectivity index (χ2v) is 7.68. The molecule has 0 spiro atoms. The van der Waals surface area contributed by atoms with Crippen LogP contribution in [0.15, 0.2) is 10.3 Å². The number of rotatable bonds is 6. The zero-order valence-electron chi connectivity index (χ0n) is 10.5. The SMILES string of the molecule is Cc1cc(S(=O)(=O)NCCNC2CC2)sc1C.Cl. The highest BCUT2D eigenvalue weighted by molar-refractivity contribution is 7.91. The van der Waals surface area contributed by atoms with Gasteiger partial charge in [0.15, 0.2) is 0 Å². The maximum atomic E-state index is 11.9. The topological polar surface area (TPSA) is 58.2 Å². The fourth-order valence-electron chi connectivity index (χ4n) is 1.49. The summed E-state index contributed by atoms with van der Waals surface area (Å²) in [5.74, 6) is 0. The Morgan fingerprint density at radius 1 is 1.33 bits per heavy atom. The molecular formula is C11H19ClN2O2S2. The standard InChI is InChI=1S/C11H18N2O2S2.ClH/c1-8-7-11(16-9(8)2)17(14,15)13-6-5-12-10-3-4-10;/h7,10,12-13H,3-6H2,1-2H3;1H. The fourth-order valence-corrected chi connectivity index (χ4v) is 4.08. The van der Waals surface area contributed by atoms with E-state index in [4.69, 9.17) is 0 Å². The number of halogens is 1. The summed E-state index contributed by atoms with van der Waals surface area (Å²) in [5.41, 5.74) is 1.03. The van der Waals surface area contributed by atoms with Crippen molar-refractivity contribution in [3.05, 3.63) is 16.5 Å². The molecule has 7 heteroatoms. The molecule has 0 unspecified atom stereocenters. The summed E-state index contributed by atoms with van der Waals surface area (Å²) in [6.45, 7) is 5.02. The highest BCUT2D eigenvalue weighted by Crippen LogP contribution is 2.24. The van der Waals surface area contributed by atoms with E-state index in [1.807, 2.05) is 13.8 Å². The lowest BCUT2D eigenvalue weighted by atomic mass is 10.3. The van der Waals surface area contributed by atoms with Crippen molar-refractivity contribution in [3.8, 4) is 0 Å². The van der Waals surface area contributed by atoms with Crippen LogP contribution in [0.3, 0.4) is 0 Å². The van der Waals surface area contributed by atoms with Crippen molar-refractivity contribution in [2.45, 2.75) is 36.9 Å². The first-order chi connectivity index (χ1) is 7.99. The molecule has 0 bridgehead atoms. The van der Waals surface area contributed by atoms with Crippen molar-refractivity contribution in [2.75, 3.05) is 13.1 Å². The highest BCUT2D eigenvalue weighted by atomic mass is 35.5. The van der Waals surface area contributed by atoms with Gasteiger partial charge in [-0.25, -0.2) is 13.1 Å². The molecule has 0 radical (unpaired) electrons. The lowest BCUT2D eigenvalue weighted by Gasteiger charge is -2.05. The van der Waals surface area contributed by atoms with E-state index in [0.717, 1.165) is 10.4 Å². The lowest BCUT2D eigenvalue weighted by molar-refractivity contribution is 0.577. The van der Waals surface area contributed by atoms with E-state index < -0.39 is 10.0 Å². The van der Waals surface area contributed by atoms with E-state index in [0.29, 0.717) is 23.3 Å². The van der Waals surface area contributed by atoms with Crippen LogP contribution in [-0.2, 0) is 10.0 Å². The molecule has 0 saturated heterocycles. The van der Waals surface area contributed by atoms with Crippen molar-refractivity contribution in [2.24, 2.45) is 0 Å². The normalized spacial score (nSPS) is 15.4. The monoisotopic (exact) mass is 310 g/mol. The molecule has 1 aliphatic carbocycles. The van der Waals surface area contributed by atoms with Crippen LogP contribution < -0.4 is 10.0 Å². The van der Waals surface area contributed by atoms with E-state index in [1.165, 1.54) is 24.2 Å². The van der Waals surface area contributed by atoms with Crippen LogP contribution in [0.2, 0.25) is 0 Å². The molecule has 1 aromatic rings. The molecule has 104 valence electrons. The minimum absolute atomic E-state index is 0. The molecule has 0 atom stereocenters. The third-order valence-corrected chi connectivity index (χ3v) is 5.92. The van der Waals surface area contributed by atoms with Gasteiger partial charge in [0.05, 0.1) is 0 Å². The van der Waals surface area contributed by atoms with Crippen LogP contribution >= 0.6 is 23.7 Å². The van der Waals surface area contributed by atoms with Crippen LogP contribution in [-0.4, -0.2) is 27.5 Å². The van der Waals surface area contributed by atoms with Crippen LogP contribution in [0.1, 0.15) is 23.3 Å². The van der Waals surface area contributed by atoms with Gasteiger partial charge in [-0.2, -0.15) is 0 Å². The van der Waals surface area contributed by atoms with Gasteiger partial charge in [0.1, 0.15) is 4.21 Å². The van der Waals surface area contributed by atoms with Crippen LogP contribution in [0.25, 0.3) is 0 Å². The Morgan fingerprint density at radius 2 is 2.00 bits per heavy atom. The quantitative estimate of drug-likeness (QED) is 0.788. The summed E-state index contributed by atoms with van der Waals surface area (Å²) in [6, 6.07) is 2.35. The minimum Gasteiger partial charge on any atom is -0.313 e. The van der Waals surface area contributed by atoms with E-state index in [2.05, 4.69) is 10.0 Å². The zero-order chi connectivity index (χ0) is 12.5. The molecule has 18 heavy (non-hydrogen) atoms. The van der Waals surface area contributed by atoms with Gasteiger partial charge in [-0.3, -0.25) is 0 Å². The van der Waals surface area contributed by atoms with Crippen molar-refractivity contribution in [1.82, 2.24) is 10.0 Å². The maximum absolute atomic E-state index is 11.9. The maximum Gasteiger partial charge on any atom is 0.250 e. The van der Waals surface area contributed by atoms with Gasteiger partial charge in [0.25, 0.3) is 0 Å². The lowest BCUT2D eigenvalue weighted by Crippen LogP contribution is -2.32. The largest absolute Gasteiger partial charge is 0.313 e.